The molecule has 0 spiro atoms. The van der Waals surface area contributed by atoms with Crippen molar-refractivity contribution in [2.45, 2.75) is 6.42 Å². The Kier molecular flexibility index (Phi) is 8.47. The third kappa shape index (κ3) is 9.03. The number of carboxylic acids is 4. The van der Waals surface area contributed by atoms with Gasteiger partial charge in [-0.15, -0.1) is 0 Å². The highest BCUT2D eigenvalue weighted by Crippen LogP contribution is 2.22. The Morgan fingerprint density at radius 1 is 0.647 bits per heavy atom. The number of rotatable bonds is 0. The predicted molar refractivity (Wildman–Crippen MR) is 117 cm³/mol. The summed E-state index contributed by atoms with van der Waals surface area (Å²) in [6, 6.07) is 4.39. The number of benzene rings is 1. The van der Waals surface area contributed by atoms with Crippen molar-refractivity contribution in [3.8, 4) is 59.2 Å². The van der Waals surface area contributed by atoms with Crippen LogP contribution < -0.4 is 0 Å². The van der Waals surface area contributed by atoms with Crippen molar-refractivity contribution < 1.29 is 39.6 Å². The molecule has 0 aromatic heterocycles. The van der Waals surface area contributed by atoms with Crippen LogP contribution in [-0.2, 0) is 19.2 Å². The van der Waals surface area contributed by atoms with E-state index in [1.165, 1.54) is 18.2 Å². The van der Waals surface area contributed by atoms with E-state index in [1.54, 1.807) is 12.2 Å². The molecule has 1 unspecified atom stereocenters. The lowest BCUT2D eigenvalue weighted by atomic mass is 9.90. The maximum absolute atomic E-state index is 10.7. The van der Waals surface area contributed by atoms with E-state index in [9.17, 15) is 19.2 Å². The number of carbonyl (C=O) groups is 4. The molecule has 0 saturated heterocycles. The lowest BCUT2D eigenvalue weighted by Gasteiger charge is -2.11. The third-order valence-electron chi connectivity index (χ3n) is 3.76. The zero-order chi connectivity index (χ0) is 25.1. The molecule has 0 saturated carbocycles. The molecule has 0 bridgehead atoms. The number of carboxylic acid groups (broad SMARTS) is 4. The van der Waals surface area contributed by atoms with Gasteiger partial charge in [-0.3, -0.25) is 0 Å². The minimum Gasteiger partial charge on any atom is -0.472 e. The second kappa shape index (κ2) is 11.7. The molecule has 0 heterocycles. The first-order valence-electron chi connectivity index (χ1n) is 9.19. The summed E-state index contributed by atoms with van der Waals surface area (Å²) in [4.78, 5) is 42.9. The Morgan fingerprint density at radius 3 is 1.62 bits per heavy atom. The summed E-state index contributed by atoms with van der Waals surface area (Å²) in [7, 11) is 0. The van der Waals surface area contributed by atoms with E-state index in [-0.39, 0.29) is 17.5 Å². The van der Waals surface area contributed by atoms with Crippen molar-refractivity contribution in [1.29, 1.82) is 0 Å². The number of aliphatic carboxylic acids is 4. The van der Waals surface area contributed by atoms with Gasteiger partial charge in [0, 0.05) is 57.4 Å². The Hall–Kier alpha value is -5.62. The Balaban J connectivity index is 2.50. The zero-order valence-electron chi connectivity index (χ0n) is 17.1. The Labute approximate surface area is 193 Å². The van der Waals surface area contributed by atoms with Gasteiger partial charge >= 0.3 is 23.9 Å². The number of allylic oxidation sites excluding steroid dienone is 4. The monoisotopic (exact) mass is 452 g/mol. The molecule has 1 aromatic rings. The van der Waals surface area contributed by atoms with Gasteiger partial charge < -0.3 is 20.4 Å². The number of hydrogen-bond acceptors (Lipinski definition) is 4. The molecule has 0 radical (unpaired) electrons. The fourth-order valence-electron chi connectivity index (χ4n) is 2.59. The number of hydrogen-bond donors (Lipinski definition) is 4. The lowest BCUT2D eigenvalue weighted by molar-refractivity contribution is -0.131. The van der Waals surface area contributed by atoms with Crippen molar-refractivity contribution in [1.82, 2.24) is 0 Å². The van der Waals surface area contributed by atoms with Crippen molar-refractivity contribution >= 4 is 23.9 Å². The van der Waals surface area contributed by atoms with Crippen LogP contribution in [0.1, 0.15) is 23.1 Å². The van der Waals surface area contributed by atoms with E-state index in [2.05, 4.69) is 35.5 Å². The first-order valence-corrected chi connectivity index (χ1v) is 9.19. The highest BCUT2D eigenvalue weighted by atomic mass is 16.4. The van der Waals surface area contributed by atoms with Crippen LogP contribution in [0.5, 0.6) is 0 Å². The van der Waals surface area contributed by atoms with Crippen LogP contribution in [0.2, 0.25) is 0 Å². The van der Waals surface area contributed by atoms with Crippen LogP contribution in [0, 0.1) is 65.1 Å². The Bertz CT molecular complexity index is 1410. The average Bonchev–Trinajstić information content (AvgIpc) is 2.77. The zero-order valence-corrected chi connectivity index (χ0v) is 17.1. The van der Waals surface area contributed by atoms with E-state index in [4.69, 9.17) is 20.4 Å². The highest BCUT2D eigenvalue weighted by Gasteiger charge is 2.12. The van der Waals surface area contributed by atoms with Gasteiger partial charge in [-0.25, -0.2) is 19.2 Å². The van der Waals surface area contributed by atoms with Crippen molar-refractivity contribution in [2.24, 2.45) is 5.92 Å². The summed E-state index contributed by atoms with van der Waals surface area (Å²) in [6.45, 7) is 0. The third-order valence-corrected chi connectivity index (χ3v) is 3.76. The van der Waals surface area contributed by atoms with E-state index in [0.29, 0.717) is 16.7 Å². The lowest BCUT2D eigenvalue weighted by Crippen LogP contribution is -2.03. The Morgan fingerprint density at radius 2 is 1.12 bits per heavy atom. The predicted octanol–water partition coefficient (Wildman–Crippen LogP) is 0.959. The van der Waals surface area contributed by atoms with Crippen molar-refractivity contribution in [2.75, 3.05) is 0 Å². The summed E-state index contributed by atoms with van der Waals surface area (Å²) < 4.78 is 0. The van der Waals surface area contributed by atoms with E-state index in [1.807, 2.05) is 23.7 Å². The quantitative estimate of drug-likeness (QED) is 0.425. The second-order valence-electron chi connectivity index (χ2n) is 6.39. The highest BCUT2D eigenvalue weighted by molar-refractivity contribution is 5.88. The van der Waals surface area contributed by atoms with Crippen LogP contribution in [0.4, 0.5) is 0 Å². The van der Waals surface area contributed by atoms with Crippen LogP contribution in [0.3, 0.4) is 0 Å². The van der Waals surface area contributed by atoms with Gasteiger partial charge in [0.25, 0.3) is 0 Å². The first-order chi connectivity index (χ1) is 16.1. The molecule has 1 aliphatic rings. The SMILES string of the molecule is O=C(O)C#CC1=CC(C#CC(=O)O)CC(C#Cc2cc(C#CC(=O)O)cc(C#CC(=O)O)c2)=C1. The van der Waals surface area contributed by atoms with Gasteiger partial charge in [-0.2, -0.15) is 0 Å². The van der Waals surface area contributed by atoms with Gasteiger partial charge in [0.2, 0.25) is 0 Å². The van der Waals surface area contributed by atoms with Crippen molar-refractivity contribution in [3.63, 3.8) is 0 Å². The summed E-state index contributed by atoms with van der Waals surface area (Å²) in [6.07, 6.45) is 3.33. The summed E-state index contributed by atoms with van der Waals surface area (Å²) in [5.41, 5.74) is 1.65. The van der Waals surface area contributed by atoms with Crippen molar-refractivity contribution in [3.05, 3.63) is 58.2 Å². The molecule has 1 aromatic carbocycles. The van der Waals surface area contributed by atoms with Gasteiger partial charge in [-0.05, 0) is 30.7 Å². The summed E-state index contributed by atoms with van der Waals surface area (Å²) >= 11 is 0. The van der Waals surface area contributed by atoms with Crippen LogP contribution >= 0.6 is 0 Å². The minimum absolute atomic E-state index is 0.246. The molecule has 8 nitrogen and oxygen atoms in total. The standard InChI is InChI=1S/C26H12O8/c27-23(28)7-3-19-11-17(12-20(15-19)4-8-24(29)30)1-2-18-13-21(5-9-25(31)32)16-22(14-18)6-10-26(33)34/h11-13,15-16,22H,14H2,(H,27,28)(H,29,30)(H,31,32)(H,33,34). The van der Waals surface area contributed by atoms with E-state index < -0.39 is 29.8 Å². The van der Waals surface area contributed by atoms with Crippen LogP contribution in [-0.4, -0.2) is 44.3 Å². The van der Waals surface area contributed by atoms with Gasteiger partial charge in [0.1, 0.15) is 0 Å². The molecule has 0 aliphatic heterocycles. The molecule has 164 valence electrons. The molecular weight excluding hydrogens is 440 g/mol. The fraction of sp³-hybridized carbons (Fsp3) is 0.0769. The molecule has 0 fully saturated rings. The maximum Gasteiger partial charge on any atom is 0.382 e. The van der Waals surface area contributed by atoms with Crippen LogP contribution in [0.25, 0.3) is 0 Å². The molecule has 1 aliphatic carbocycles. The second-order valence-corrected chi connectivity index (χ2v) is 6.39. The van der Waals surface area contributed by atoms with E-state index >= 15 is 0 Å². The fourth-order valence-corrected chi connectivity index (χ4v) is 2.59. The average molecular weight is 452 g/mol. The summed E-state index contributed by atoms with van der Waals surface area (Å²) in [5.74, 6) is 17.5. The molecule has 2 rings (SSSR count). The first kappa shape index (κ1) is 24.6. The smallest absolute Gasteiger partial charge is 0.382 e. The molecule has 0 amide bonds. The molecule has 1 atom stereocenters. The molecule has 4 N–H and O–H groups in total. The molecule has 8 heteroatoms. The molecular formula is C26H12O8. The minimum atomic E-state index is -1.35. The largest absolute Gasteiger partial charge is 0.472 e. The topological polar surface area (TPSA) is 149 Å². The van der Waals surface area contributed by atoms with Gasteiger partial charge in [0.15, 0.2) is 0 Å². The van der Waals surface area contributed by atoms with Gasteiger partial charge in [0.05, 0.1) is 0 Å². The normalized spacial score (nSPS) is 13.0. The van der Waals surface area contributed by atoms with Gasteiger partial charge in [-0.1, -0.05) is 41.6 Å². The summed E-state index contributed by atoms with van der Waals surface area (Å²) in [5, 5.41) is 35.0. The maximum atomic E-state index is 10.7. The van der Waals surface area contributed by atoms with Crippen LogP contribution in [0.15, 0.2) is 41.5 Å². The van der Waals surface area contributed by atoms with E-state index in [0.717, 1.165) is 0 Å². The molecule has 34 heavy (non-hydrogen) atoms.